The largest absolute Gasteiger partial charge is 0.496 e. The Hall–Kier alpha value is -8.30. The summed E-state index contributed by atoms with van der Waals surface area (Å²) in [4.78, 5) is 51.7. The van der Waals surface area contributed by atoms with Gasteiger partial charge in [0.15, 0.2) is 11.5 Å². The maximum Gasteiger partial charge on any atom is 0.416 e. The molecule has 0 saturated heterocycles. The number of halogens is 3. The number of amides is 2. The lowest BCUT2D eigenvalue weighted by molar-refractivity contribution is -0.144. The Balaban J connectivity index is 1.25. The quantitative estimate of drug-likeness (QED) is 0.0310. The number of alkyl carbamates (subject to hydrolysis) is 1. The highest BCUT2D eigenvalue weighted by Gasteiger charge is 2.31. The summed E-state index contributed by atoms with van der Waals surface area (Å²) in [6.07, 6.45) is -4.13. The van der Waals surface area contributed by atoms with E-state index in [2.05, 4.69) is 20.9 Å². The van der Waals surface area contributed by atoms with E-state index in [1.807, 2.05) is 78.4 Å². The molecular formula is C59H70F3N7O11. The first-order valence-electron chi connectivity index (χ1n) is 25.8. The van der Waals surface area contributed by atoms with Crippen LogP contribution in [0, 0.1) is 6.92 Å². The maximum absolute atomic E-state index is 13.7. The van der Waals surface area contributed by atoms with E-state index in [-0.39, 0.29) is 45.2 Å². The van der Waals surface area contributed by atoms with E-state index >= 15 is 0 Å². The van der Waals surface area contributed by atoms with Crippen molar-refractivity contribution < 1.29 is 65.4 Å². The van der Waals surface area contributed by atoms with Gasteiger partial charge in [-0.2, -0.15) is 13.2 Å². The van der Waals surface area contributed by atoms with Gasteiger partial charge in [-0.25, -0.2) is 14.8 Å². The molecule has 0 unspecified atom stereocenters. The topological polar surface area (TPSA) is 193 Å². The molecule has 21 heteroatoms. The molecule has 0 radical (unpaired) electrons. The van der Waals surface area contributed by atoms with Gasteiger partial charge in [-0.1, -0.05) is 54.1 Å². The number of hydrogen-bond acceptors (Lipinski definition) is 16. The summed E-state index contributed by atoms with van der Waals surface area (Å²) in [6, 6.07) is 29.6. The molecule has 6 rings (SSSR count). The number of methoxy groups -OCH3 is 3. The molecule has 6 aromatic rings. The van der Waals surface area contributed by atoms with E-state index in [0.29, 0.717) is 83.6 Å². The van der Waals surface area contributed by atoms with Crippen molar-refractivity contribution in [3.63, 3.8) is 0 Å². The van der Waals surface area contributed by atoms with Gasteiger partial charge in [-0.3, -0.25) is 14.5 Å². The lowest BCUT2D eigenvalue weighted by Crippen LogP contribution is -2.50. The van der Waals surface area contributed by atoms with Crippen molar-refractivity contribution in [1.82, 2.24) is 25.5 Å². The minimum absolute atomic E-state index is 0.0546. The fourth-order valence-electron chi connectivity index (χ4n) is 8.14. The lowest BCUT2D eigenvalue weighted by atomic mass is 10.0. The highest BCUT2D eigenvalue weighted by molar-refractivity contribution is 5.86. The highest BCUT2D eigenvalue weighted by atomic mass is 19.4. The zero-order valence-corrected chi connectivity index (χ0v) is 46.5. The number of anilines is 4. The second kappa shape index (κ2) is 29.1. The number of esters is 1. The average Bonchev–Trinajstić information content (AvgIpc) is 3.42. The Kier molecular flexibility index (Phi) is 22.1. The summed E-state index contributed by atoms with van der Waals surface area (Å²) in [6.45, 7) is 10.7. The van der Waals surface area contributed by atoms with Gasteiger partial charge < -0.3 is 58.7 Å². The zero-order chi connectivity index (χ0) is 57.8. The van der Waals surface area contributed by atoms with Gasteiger partial charge in [0.2, 0.25) is 5.91 Å². The van der Waals surface area contributed by atoms with Gasteiger partial charge in [0.05, 0.1) is 71.9 Å². The molecule has 428 valence electrons. The predicted octanol–water partition coefficient (Wildman–Crippen LogP) is 10.1. The monoisotopic (exact) mass is 1110 g/mol. The predicted molar refractivity (Wildman–Crippen MR) is 296 cm³/mol. The SMILES string of the molecule is CCOC(=O)CN(C)Cc1cccc(Nc2cc(N(Cc3c(OC)cc(OCCOCc4ccc(C)cc4)cc3OC)c3ccc(OC)c(OCCNC(=O)[C@@H](Cc4ccc(C(F)(F)F)cc4)NC(=O)OC(C)(C)C)c3)ncn2)c1. The molecule has 2 amide bonds. The van der Waals surface area contributed by atoms with Crippen molar-refractivity contribution in [3.8, 4) is 28.7 Å². The first kappa shape index (κ1) is 60.9. The molecule has 80 heavy (non-hydrogen) atoms. The molecular weight excluding hydrogens is 1040 g/mol. The van der Waals surface area contributed by atoms with Gasteiger partial charge in [-0.05, 0) is 94.8 Å². The van der Waals surface area contributed by atoms with Crippen molar-refractivity contribution >= 4 is 41.0 Å². The van der Waals surface area contributed by atoms with Gasteiger partial charge in [0.25, 0.3) is 0 Å². The number of ether oxygens (including phenoxy) is 8. The van der Waals surface area contributed by atoms with Crippen LogP contribution >= 0.6 is 0 Å². The number of aromatic nitrogens is 2. The van der Waals surface area contributed by atoms with Crippen LogP contribution in [-0.2, 0) is 56.1 Å². The second-order valence-electron chi connectivity index (χ2n) is 19.4. The summed E-state index contributed by atoms with van der Waals surface area (Å²) in [5.74, 6) is 2.04. The second-order valence-corrected chi connectivity index (χ2v) is 19.4. The molecule has 3 N–H and O–H groups in total. The minimum atomic E-state index is -4.55. The van der Waals surface area contributed by atoms with Crippen LogP contribution in [0.15, 0.2) is 116 Å². The molecule has 0 spiro atoms. The first-order chi connectivity index (χ1) is 38.2. The number of benzene rings is 5. The van der Waals surface area contributed by atoms with E-state index in [0.717, 1.165) is 28.9 Å². The van der Waals surface area contributed by atoms with E-state index in [1.165, 1.54) is 31.1 Å². The maximum atomic E-state index is 13.7. The van der Waals surface area contributed by atoms with Gasteiger partial charge in [-0.15, -0.1) is 0 Å². The number of carbonyl (C=O) groups excluding carboxylic acids is 3. The zero-order valence-electron chi connectivity index (χ0n) is 46.5. The summed E-state index contributed by atoms with van der Waals surface area (Å²) in [5, 5.41) is 8.70. The highest BCUT2D eigenvalue weighted by Crippen LogP contribution is 2.41. The lowest BCUT2D eigenvalue weighted by Gasteiger charge is -2.27. The molecule has 1 heterocycles. The number of likely N-dealkylation sites (N-methyl/N-ethyl adjacent to an activating group) is 1. The molecule has 5 aromatic carbocycles. The van der Waals surface area contributed by atoms with Crippen molar-refractivity contribution in [1.29, 1.82) is 0 Å². The Morgan fingerprint density at radius 3 is 2.09 bits per heavy atom. The number of carbonyl (C=O) groups is 3. The molecule has 0 saturated carbocycles. The third-order valence-corrected chi connectivity index (χ3v) is 11.9. The molecule has 0 aliphatic heterocycles. The average molecular weight is 1110 g/mol. The Morgan fingerprint density at radius 1 is 0.725 bits per heavy atom. The Bertz CT molecular complexity index is 2950. The Labute approximate surface area is 464 Å². The summed E-state index contributed by atoms with van der Waals surface area (Å²) in [7, 11) is 6.43. The van der Waals surface area contributed by atoms with Crippen molar-refractivity contribution in [2.24, 2.45) is 0 Å². The first-order valence-corrected chi connectivity index (χ1v) is 25.8. The van der Waals surface area contributed by atoms with Crippen LogP contribution < -0.4 is 44.5 Å². The van der Waals surface area contributed by atoms with Crippen LogP contribution in [0.3, 0.4) is 0 Å². The molecule has 1 atom stereocenters. The van der Waals surface area contributed by atoms with Gasteiger partial charge in [0.1, 0.15) is 60.1 Å². The van der Waals surface area contributed by atoms with Crippen molar-refractivity contribution in [2.45, 2.75) is 78.6 Å². The number of rotatable bonds is 28. The fraction of sp³-hybridized carbons (Fsp3) is 0.373. The third-order valence-electron chi connectivity index (χ3n) is 11.9. The molecule has 1 aromatic heterocycles. The number of alkyl halides is 3. The number of nitrogens with zero attached hydrogens (tertiary/aromatic N) is 4. The molecule has 0 fully saturated rings. The van der Waals surface area contributed by atoms with Crippen molar-refractivity contribution in [2.75, 3.05) is 78.1 Å². The van der Waals surface area contributed by atoms with Gasteiger partial charge in [0, 0.05) is 48.6 Å². The van der Waals surface area contributed by atoms with Crippen LogP contribution in [0.5, 0.6) is 28.7 Å². The number of aryl methyl sites for hydroxylation is 1. The minimum Gasteiger partial charge on any atom is -0.496 e. The molecule has 0 bridgehead atoms. The third kappa shape index (κ3) is 19.0. The molecule has 0 aliphatic carbocycles. The summed E-state index contributed by atoms with van der Waals surface area (Å²) in [5.41, 5.74) is 3.76. The van der Waals surface area contributed by atoms with E-state index in [4.69, 9.17) is 42.9 Å². The molecule has 18 nitrogen and oxygen atoms in total. The normalized spacial score (nSPS) is 11.8. The van der Waals surface area contributed by atoms with Crippen LogP contribution in [0.4, 0.5) is 41.0 Å². The number of nitrogens with one attached hydrogen (secondary N) is 3. The van der Waals surface area contributed by atoms with E-state index < -0.39 is 35.4 Å². The van der Waals surface area contributed by atoms with Crippen LogP contribution in [0.25, 0.3) is 0 Å². The van der Waals surface area contributed by atoms with E-state index in [1.54, 1.807) is 72.2 Å². The fourth-order valence-corrected chi connectivity index (χ4v) is 8.14. The van der Waals surface area contributed by atoms with Crippen LogP contribution in [-0.4, -0.2) is 112 Å². The number of hydrogen-bond donors (Lipinski definition) is 3. The van der Waals surface area contributed by atoms with Gasteiger partial charge >= 0.3 is 18.2 Å². The Morgan fingerprint density at radius 2 is 1.43 bits per heavy atom. The van der Waals surface area contributed by atoms with E-state index in [9.17, 15) is 27.6 Å². The summed E-state index contributed by atoms with van der Waals surface area (Å²) >= 11 is 0. The van der Waals surface area contributed by atoms with Crippen LogP contribution in [0.1, 0.15) is 61.1 Å². The van der Waals surface area contributed by atoms with Crippen molar-refractivity contribution in [3.05, 3.63) is 149 Å². The standard InChI is InChI=1S/C59H70F3N7O11/c1-10-77-55(70)36-68(6)34-42-12-11-13-44(28-42)66-53-33-54(65-38-64-53)69(35-47-50(74-8)31-46(32-51(47)75-9)78-27-26-76-37-41-16-14-39(2)15-17-41)45-22-23-49(73-7)52(30-45)79-25-24-63-56(71)48(67-57(72)80-58(3,4)5)29-40-18-20-43(21-19-40)59(60,61)62/h11-23,28,30-33,38,48H,10,24-27,29,34-37H2,1-9H3,(H,63,71)(H,67,72)(H,64,65,66)/t48-/m1/s1. The van der Waals surface area contributed by atoms with Crippen LogP contribution in [0.2, 0.25) is 0 Å². The summed E-state index contributed by atoms with van der Waals surface area (Å²) < 4.78 is 86.5. The smallest absolute Gasteiger partial charge is 0.416 e. The molecule has 0 aliphatic rings.